The molecule has 1 aliphatic rings. The number of hydrogen-bond donors (Lipinski definition) is 1. The fourth-order valence-corrected chi connectivity index (χ4v) is 2.91. The van der Waals surface area contributed by atoms with Gasteiger partial charge < -0.3 is 19.5 Å². The van der Waals surface area contributed by atoms with E-state index in [9.17, 15) is 9.59 Å². The Labute approximate surface area is 151 Å². The Morgan fingerprint density at radius 3 is 2.64 bits per heavy atom. The van der Waals surface area contributed by atoms with Crippen LogP contribution in [0.15, 0.2) is 23.2 Å². The Morgan fingerprint density at radius 2 is 2.00 bits per heavy atom. The monoisotopic (exact) mass is 366 g/mol. The molecule has 2 atom stereocenters. The second-order valence-corrected chi connectivity index (χ2v) is 6.42. The van der Waals surface area contributed by atoms with Crippen molar-refractivity contribution in [2.75, 3.05) is 32.8 Å². The van der Waals surface area contributed by atoms with Gasteiger partial charge in [-0.3, -0.25) is 4.79 Å². The number of esters is 1. The molecular weight excluding hydrogens is 344 g/mol. The molecule has 1 N–H and O–H groups in total. The van der Waals surface area contributed by atoms with Gasteiger partial charge in [-0.2, -0.15) is 11.8 Å². The normalized spacial score (nSPS) is 19.7. The predicted molar refractivity (Wildman–Crippen MR) is 96.8 cm³/mol. The van der Waals surface area contributed by atoms with Gasteiger partial charge in [0.25, 0.3) is 0 Å². The van der Waals surface area contributed by atoms with Crippen molar-refractivity contribution in [2.24, 2.45) is 10.9 Å². The summed E-state index contributed by atoms with van der Waals surface area (Å²) in [5.41, 5.74) is 1.14. The van der Waals surface area contributed by atoms with Crippen LogP contribution in [-0.2, 0) is 9.53 Å². The first-order chi connectivity index (χ1) is 12.0. The molecular formula is C17H22N2O5S. The van der Waals surface area contributed by atoms with Gasteiger partial charge in [0.1, 0.15) is 12.5 Å². The van der Waals surface area contributed by atoms with E-state index in [1.165, 1.54) is 7.11 Å². The van der Waals surface area contributed by atoms with Crippen LogP contribution in [0.3, 0.4) is 0 Å². The second kappa shape index (κ2) is 8.75. The zero-order valence-corrected chi connectivity index (χ0v) is 15.5. The molecule has 2 rings (SSSR count). The number of aliphatic imine (C=N–C) groups is 1. The summed E-state index contributed by atoms with van der Waals surface area (Å²) >= 11 is 1.59. The van der Waals surface area contributed by atoms with Gasteiger partial charge in [0, 0.05) is 11.5 Å². The van der Waals surface area contributed by atoms with Crippen molar-refractivity contribution in [2.45, 2.75) is 13.0 Å². The molecule has 0 aliphatic carbocycles. The summed E-state index contributed by atoms with van der Waals surface area (Å²) in [7, 11) is 3.07. The number of amides is 2. The zero-order chi connectivity index (χ0) is 18.4. The van der Waals surface area contributed by atoms with Crippen molar-refractivity contribution < 1.29 is 23.8 Å². The summed E-state index contributed by atoms with van der Waals surface area (Å²) in [6, 6.07) is 4.20. The largest absolute Gasteiger partial charge is 0.493 e. The van der Waals surface area contributed by atoms with Gasteiger partial charge >= 0.3 is 12.0 Å². The van der Waals surface area contributed by atoms with E-state index in [4.69, 9.17) is 14.2 Å². The van der Waals surface area contributed by atoms with E-state index < -0.39 is 24.0 Å². The van der Waals surface area contributed by atoms with Crippen molar-refractivity contribution in [1.29, 1.82) is 0 Å². The first kappa shape index (κ1) is 19.1. The highest BCUT2D eigenvalue weighted by molar-refractivity contribution is 7.98. The highest BCUT2D eigenvalue weighted by atomic mass is 32.2. The molecule has 2 amide bonds. The fourth-order valence-electron chi connectivity index (χ4n) is 2.66. The maximum atomic E-state index is 12.5. The number of ether oxygens (including phenoxy) is 3. The maximum absolute atomic E-state index is 12.5. The van der Waals surface area contributed by atoms with Crippen molar-refractivity contribution in [1.82, 2.24) is 5.32 Å². The summed E-state index contributed by atoms with van der Waals surface area (Å²) in [6.07, 6.45) is 1.94. The van der Waals surface area contributed by atoms with Crippen LogP contribution in [-0.4, -0.2) is 50.5 Å². The lowest BCUT2D eigenvalue weighted by atomic mass is 9.88. The molecule has 136 valence electrons. The molecule has 1 heterocycles. The van der Waals surface area contributed by atoms with Crippen molar-refractivity contribution in [3.05, 3.63) is 23.8 Å². The molecule has 0 radical (unpaired) electrons. The van der Waals surface area contributed by atoms with E-state index in [2.05, 4.69) is 10.3 Å². The Bertz CT molecular complexity index is 677. The third-order valence-electron chi connectivity index (χ3n) is 3.89. The molecule has 0 aromatic heterocycles. The number of thioether (sulfide) groups is 1. The Kier molecular flexibility index (Phi) is 6.69. The third kappa shape index (κ3) is 4.45. The van der Waals surface area contributed by atoms with E-state index in [1.807, 2.05) is 6.26 Å². The number of carbonyl (C=O) groups excluding carboxylic acids is 2. The molecule has 0 spiro atoms. The average Bonchev–Trinajstić information content (AvgIpc) is 2.60. The van der Waals surface area contributed by atoms with Gasteiger partial charge in [-0.05, 0) is 30.9 Å². The van der Waals surface area contributed by atoms with Crippen molar-refractivity contribution in [3.8, 4) is 11.5 Å². The Morgan fingerprint density at radius 1 is 1.28 bits per heavy atom. The summed E-state index contributed by atoms with van der Waals surface area (Å²) in [4.78, 5) is 28.3. The van der Waals surface area contributed by atoms with E-state index in [0.717, 1.165) is 0 Å². The Balaban J connectivity index is 2.33. The molecule has 0 saturated heterocycles. The van der Waals surface area contributed by atoms with Gasteiger partial charge in [-0.25, -0.2) is 9.79 Å². The smallest absolute Gasteiger partial charge is 0.341 e. The lowest BCUT2D eigenvalue weighted by molar-refractivity contribution is -0.146. The lowest BCUT2D eigenvalue weighted by Crippen LogP contribution is -2.44. The van der Waals surface area contributed by atoms with Gasteiger partial charge in [0.15, 0.2) is 11.5 Å². The minimum absolute atomic E-state index is 0.316. The van der Waals surface area contributed by atoms with Gasteiger partial charge in [-0.1, -0.05) is 6.07 Å². The SMILES string of the molecule is COc1ccc(C2NC(=O)N=C(C)C2C(=O)OCCSC)cc1OC. The van der Waals surface area contributed by atoms with Crippen molar-refractivity contribution >= 4 is 29.5 Å². The Hall–Kier alpha value is -2.22. The van der Waals surface area contributed by atoms with Gasteiger partial charge in [0.05, 0.1) is 20.3 Å². The van der Waals surface area contributed by atoms with Gasteiger partial charge in [-0.15, -0.1) is 0 Å². The predicted octanol–water partition coefficient (Wildman–Crippen LogP) is 2.45. The molecule has 0 saturated carbocycles. The summed E-state index contributed by atoms with van der Waals surface area (Å²) in [6.45, 7) is 1.98. The van der Waals surface area contributed by atoms with Gasteiger partial charge in [0.2, 0.25) is 0 Å². The van der Waals surface area contributed by atoms with Crippen LogP contribution in [0.5, 0.6) is 11.5 Å². The summed E-state index contributed by atoms with van der Waals surface area (Å²) in [5, 5.41) is 2.74. The molecule has 1 aromatic carbocycles. The third-order valence-corrected chi connectivity index (χ3v) is 4.47. The van der Waals surface area contributed by atoms with E-state index in [0.29, 0.717) is 35.1 Å². The molecule has 8 heteroatoms. The minimum Gasteiger partial charge on any atom is -0.493 e. The van der Waals surface area contributed by atoms with Crippen LogP contribution in [0.4, 0.5) is 4.79 Å². The first-order valence-electron chi connectivity index (χ1n) is 7.75. The standard InChI is InChI=1S/C17H22N2O5S/c1-10-14(16(20)24-7-8-25-4)15(19-17(21)18-10)11-5-6-12(22-2)13(9-11)23-3/h5-6,9,14-15H,7-8H2,1-4H3,(H,19,21). The number of urea groups is 1. The zero-order valence-electron chi connectivity index (χ0n) is 14.7. The second-order valence-electron chi connectivity index (χ2n) is 5.43. The molecule has 0 fully saturated rings. The van der Waals surface area contributed by atoms with Crippen molar-refractivity contribution in [3.63, 3.8) is 0 Å². The van der Waals surface area contributed by atoms with E-state index >= 15 is 0 Å². The number of carbonyl (C=O) groups is 2. The van der Waals surface area contributed by atoms with Crippen LogP contribution < -0.4 is 14.8 Å². The summed E-state index contributed by atoms with van der Waals surface area (Å²) in [5.74, 6) is 0.705. The maximum Gasteiger partial charge on any atom is 0.341 e. The van der Waals surface area contributed by atoms with Crippen LogP contribution in [0.2, 0.25) is 0 Å². The first-order valence-corrected chi connectivity index (χ1v) is 9.14. The molecule has 0 bridgehead atoms. The number of benzene rings is 1. The molecule has 1 aromatic rings. The number of methoxy groups -OCH3 is 2. The van der Waals surface area contributed by atoms with Crippen LogP contribution >= 0.6 is 11.8 Å². The summed E-state index contributed by atoms with van der Waals surface area (Å²) < 4.78 is 15.9. The number of hydrogen-bond acceptors (Lipinski definition) is 6. The minimum atomic E-state index is -0.683. The van der Waals surface area contributed by atoms with E-state index in [-0.39, 0.29) is 0 Å². The highest BCUT2D eigenvalue weighted by Crippen LogP contribution is 2.34. The number of nitrogens with zero attached hydrogens (tertiary/aromatic N) is 1. The van der Waals surface area contributed by atoms with Crippen LogP contribution in [0.25, 0.3) is 0 Å². The number of rotatable bonds is 7. The number of nitrogens with one attached hydrogen (secondary N) is 1. The molecule has 1 aliphatic heterocycles. The van der Waals surface area contributed by atoms with Crippen LogP contribution in [0.1, 0.15) is 18.5 Å². The molecule has 7 nitrogen and oxygen atoms in total. The molecule has 2 unspecified atom stereocenters. The lowest BCUT2D eigenvalue weighted by Gasteiger charge is -2.30. The highest BCUT2D eigenvalue weighted by Gasteiger charge is 2.38. The molecule has 25 heavy (non-hydrogen) atoms. The average molecular weight is 366 g/mol. The van der Waals surface area contributed by atoms with Crippen LogP contribution in [0, 0.1) is 5.92 Å². The topological polar surface area (TPSA) is 86.2 Å². The fraction of sp³-hybridized carbons (Fsp3) is 0.471. The quantitative estimate of drug-likeness (QED) is 0.589. The van der Waals surface area contributed by atoms with E-state index in [1.54, 1.807) is 44.0 Å².